The van der Waals surface area contributed by atoms with E-state index in [2.05, 4.69) is 6.07 Å². The Hall–Kier alpha value is -1.73. The lowest BCUT2D eigenvalue weighted by atomic mass is 10.2. The Morgan fingerprint density at radius 3 is 2.59 bits per heavy atom. The second-order valence-electron chi connectivity index (χ2n) is 3.64. The highest BCUT2D eigenvalue weighted by molar-refractivity contribution is 5.43. The molecule has 17 heavy (non-hydrogen) atoms. The van der Waals surface area contributed by atoms with Gasteiger partial charge in [-0.15, -0.1) is 0 Å². The Bertz CT molecular complexity index is 385. The molecule has 4 heteroatoms. The van der Waals surface area contributed by atoms with Crippen molar-refractivity contribution in [3.63, 3.8) is 0 Å². The van der Waals surface area contributed by atoms with E-state index < -0.39 is 0 Å². The van der Waals surface area contributed by atoms with Crippen molar-refractivity contribution in [2.24, 2.45) is 0 Å². The zero-order valence-electron chi connectivity index (χ0n) is 9.98. The normalized spacial score (nSPS) is 9.71. The van der Waals surface area contributed by atoms with Gasteiger partial charge < -0.3 is 14.6 Å². The van der Waals surface area contributed by atoms with Crippen LogP contribution in [0.5, 0.6) is 11.5 Å². The average molecular weight is 235 g/mol. The predicted octanol–water partition coefficient (Wildman–Crippen LogP) is 2.11. The maximum Gasteiger partial charge on any atom is 0.124 e. The van der Waals surface area contributed by atoms with E-state index in [-0.39, 0.29) is 6.61 Å². The van der Waals surface area contributed by atoms with E-state index in [9.17, 15) is 0 Å². The van der Waals surface area contributed by atoms with Gasteiger partial charge >= 0.3 is 0 Å². The Morgan fingerprint density at radius 1 is 1.18 bits per heavy atom. The van der Waals surface area contributed by atoms with Crippen molar-refractivity contribution in [2.45, 2.75) is 19.3 Å². The van der Waals surface area contributed by atoms with Gasteiger partial charge in [0.25, 0.3) is 0 Å². The first kappa shape index (κ1) is 13.3. The average Bonchev–Trinajstić information content (AvgIpc) is 2.38. The van der Waals surface area contributed by atoms with Crippen LogP contribution in [0.4, 0.5) is 0 Å². The summed E-state index contributed by atoms with van der Waals surface area (Å²) in [6.07, 6.45) is 2.62. The molecule has 0 amide bonds. The third-order valence-corrected chi connectivity index (χ3v) is 2.32. The van der Waals surface area contributed by atoms with Crippen LogP contribution in [0.25, 0.3) is 0 Å². The molecule has 0 aliphatic heterocycles. The molecule has 1 aromatic rings. The van der Waals surface area contributed by atoms with Crippen LogP contribution in [0, 0.1) is 11.3 Å². The number of ether oxygens (including phenoxy) is 2. The van der Waals surface area contributed by atoms with Gasteiger partial charge in [0.15, 0.2) is 0 Å². The summed E-state index contributed by atoms with van der Waals surface area (Å²) in [6, 6.07) is 7.17. The van der Waals surface area contributed by atoms with Crippen LogP contribution in [0.2, 0.25) is 0 Å². The molecule has 1 aromatic carbocycles. The summed E-state index contributed by atoms with van der Waals surface area (Å²) in [5.41, 5.74) is 0.523. The number of aliphatic hydroxyl groups is 1. The van der Waals surface area contributed by atoms with Gasteiger partial charge in [-0.05, 0) is 31.4 Å². The quantitative estimate of drug-likeness (QED) is 0.735. The van der Waals surface area contributed by atoms with Crippen molar-refractivity contribution in [1.29, 1.82) is 5.26 Å². The lowest BCUT2D eigenvalue weighted by Crippen LogP contribution is -1.98. The van der Waals surface area contributed by atoms with Crippen LogP contribution >= 0.6 is 0 Å². The van der Waals surface area contributed by atoms with Crippen molar-refractivity contribution in [1.82, 2.24) is 0 Å². The topological polar surface area (TPSA) is 62.5 Å². The number of methoxy groups -OCH3 is 1. The van der Waals surface area contributed by atoms with Crippen LogP contribution in [0.3, 0.4) is 0 Å². The highest BCUT2D eigenvalue weighted by Gasteiger charge is 2.01. The Labute approximate surface area is 101 Å². The predicted molar refractivity (Wildman–Crippen MR) is 64.1 cm³/mol. The molecule has 1 rings (SSSR count). The fourth-order valence-electron chi connectivity index (χ4n) is 1.42. The molecule has 0 fully saturated rings. The summed E-state index contributed by atoms with van der Waals surface area (Å²) in [7, 11) is 1.56. The van der Waals surface area contributed by atoms with Crippen LogP contribution in [-0.4, -0.2) is 25.4 Å². The fourth-order valence-corrected chi connectivity index (χ4v) is 1.42. The number of nitrogens with zero attached hydrogens (tertiary/aromatic N) is 1. The Balaban J connectivity index is 2.50. The molecule has 0 aliphatic rings. The molecule has 1 N–H and O–H groups in total. The number of hydrogen-bond donors (Lipinski definition) is 1. The van der Waals surface area contributed by atoms with Crippen molar-refractivity contribution < 1.29 is 14.6 Å². The summed E-state index contributed by atoms with van der Waals surface area (Å²) in [4.78, 5) is 0. The Morgan fingerprint density at radius 2 is 1.94 bits per heavy atom. The molecule has 0 aromatic heterocycles. The monoisotopic (exact) mass is 235 g/mol. The first-order chi connectivity index (χ1) is 8.30. The zero-order valence-corrected chi connectivity index (χ0v) is 9.98. The lowest BCUT2D eigenvalue weighted by molar-refractivity contribution is 0.265. The molecule has 0 saturated heterocycles. The number of nitriles is 1. The van der Waals surface area contributed by atoms with Crippen molar-refractivity contribution in [3.8, 4) is 17.6 Å². The van der Waals surface area contributed by atoms with Crippen molar-refractivity contribution in [2.75, 3.05) is 20.3 Å². The molecule has 0 atom stereocenters. The van der Waals surface area contributed by atoms with E-state index in [1.54, 1.807) is 25.3 Å². The van der Waals surface area contributed by atoms with Crippen molar-refractivity contribution in [3.05, 3.63) is 23.8 Å². The Kier molecular flexibility index (Phi) is 5.91. The summed E-state index contributed by atoms with van der Waals surface area (Å²) < 4.78 is 10.6. The van der Waals surface area contributed by atoms with E-state index in [1.165, 1.54) is 0 Å². The molecule has 4 nitrogen and oxygen atoms in total. The number of benzene rings is 1. The van der Waals surface area contributed by atoms with Gasteiger partial charge in [-0.2, -0.15) is 5.26 Å². The van der Waals surface area contributed by atoms with Gasteiger partial charge in [0.05, 0.1) is 25.3 Å². The maximum atomic E-state index is 8.83. The zero-order chi connectivity index (χ0) is 12.5. The summed E-state index contributed by atoms with van der Waals surface area (Å²) in [6.45, 7) is 0.801. The molecule has 0 radical (unpaired) electrons. The van der Waals surface area contributed by atoms with Gasteiger partial charge in [0.1, 0.15) is 11.5 Å². The molecule has 0 spiro atoms. The third kappa shape index (κ3) is 4.75. The number of rotatable bonds is 7. The molecule has 0 saturated carbocycles. The number of hydrogen-bond acceptors (Lipinski definition) is 4. The lowest BCUT2D eigenvalue weighted by Gasteiger charge is -2.08. The van der Waals surface area contributed by atoms with Gasteiger partial charge in [-0.25, -0.2) is 0 Å². The van der Waals surface area contributed by atoms with Gasteiger partial charge in [-0.1, -0.05) is 0 Å². The standard InChI is InChI=1S/C13H17NO3/c1-16-12-7-11(10-14)8-13(9-12)17-6-4-2-3-5-15/h7-9,15H,2-6H2,1H3. The number of aliphatic hydroxyl groups excluding tert-OH is 1. The second-order valence-corrected chi connectivity index (χ2v) is 3.64. The van der Waals surface area contributed by atoms with Gasteiger partial charge in [0, 0.05) is 12.7 Å². The minimum atomic E-state index is 0.220. The van der Waals surface area contributed by atoms with Gasteiger partial charge in [0.2, 0.25) is 0 Å². The first-order valence-corrected chi connectivity index (χ1v) is 5.63. The highest BCUT2D eigenvalue weighted by Crippen LogP contribution is 2.22. The molecular formula is C13H17NO3. The second kappa shape index (κ2) is 7.53. The van der Waals surface area contributed by atoms with E-state index in [1.807, 2.05) is 0 Å². The molecular weight excluding hydrogens is 218 g/mol. The molecule has 0 aliphatic carbocycles. The molecule has 0 heterocycles. The van der Waals surface area contributed by atoms with Crippen LogP contribution in [0.1, 0.15) is 24.8 Å². The van der Waals surface area contributed by atoms with Crippen LogP contribution in [-0.2, 0) is 0 Å². The molecule has 0 unspecified atom stereocenters. The summed E-state index contributed by atoms with van der Waals surface area (Å²) >= 11 is 0. The van der Waals surface area contributed by atoms with Crippen LogP contribution in [0.15, 0.2) is 18.2 Å². The SMILES string of the molecule is COc1cc(C#N)cc(OCCCCCO)c1. The summed E-state index contributed by atoms with van der Waals surface area (Å²) in [5.74, 6) is 1.26. The van der Waals surface area contributed by atoms with E-state index in [0.29, 0.717) is 23.7 Å². The van der Waals surface area contributed by atoms with Gasteiger partial charge in [-0.3, -0.25) is 0 Å². The minimum Gasteiger partial charge on any atom is -0.497 e. The van der Waals surface area contributed by atoms with E-state index in [4.69, 9.17) is 19.8 Å². The molecule has 0 bridgehead atoms. The van der Waals surface area contributed by atoms with E-state index in [0.717, 1.165) is 19.3 Å². The summed E-state index contributed by atoms with van der Waals surface area (Å²) in [5, 5.41) is 17.5. The highest BCUT2D eigenvalue weighted by atomic mass is 16.5. The van der Waals surface area contributed by atoms with Crippen molar-refractivity contribution >= 4 is 0 Å². The first-order valence-electron chi connectivity index (χ1n) is 5.63. The smallest absolute Gasteiger partial charge is 0.124 e. The molecule has 92 valence electrons. The fraction of sp³-hybridized carbons (Fsp3) is 0.462. The largest absolute Gasteiger partial charge is 0.497 e. The van der Waals surface area contributed by atoms with Crippen LogP contribution < -0.4 is 9.47 Å². The van der Waals surface area contributed by atoms with E-state index >= 15 is 0 Å². The minimum absolute atomic E-state index is 0.220. The number of unbranched alkanes of at least 4 members (excludes halogenated alkanes) is 2. The third-order valence-electron chi connectivity index (χ3n) is 2.32. The maximum absolute atomic E-state index is 8.83.